The molecule has 0 bridgehead atoms. The topological polar surface area (TPSA) is 21.1 Å². The fourth-order valence-corrected chi connectivity index (χ4v) is 2.63. The number of fused-ring (bicyclic) bond motifs is 1. The van der Waals surface area contributed by atoms with Gasteiger partial charge in [-0.2, -0.15) is 0 Å². The molecule has 0 N–H and O–H groups in total. The zero-order valence-corrected chi connectivity index (χ0v) is 11.6. The molecule has 0 radical (unpaired) electrons. The van der Waals surface area contributed by atoms with Crippen LogP contribution in [-0.4, -0.2) is 27.5 Å². The average molecular weight is 235 g/mol. The van der Waals surface area contributed by atoms with E-state index in [1.54, 1.807) is 0 Å². The number of aromatic nitrogens is 2. The maximum Gasteiger partial charge on any atom is 0.123 e. The Hall–Kier alpha value is -0.830. The van der Waals surface area contributed by atoms with Gasteiger partial charge in [0.15, 0.2) is 0 Å². The summed E-state index contributed by atoms with van der Waals surface area (Å²) < 4.78 is 2.43. The molecule has 17 heavy (non-hydrogen) atoms. The molecule has 3 nitrogen and oxygen atoms in total. The largest absolute Gasteiger partial charge is 0.330 e. The van der Waals surface area contributed by atoms with Crippen LogP contribution in [0.3, 0.4) is 0 Å². The van der Waals surface area contributed by atoms with Crippen LogP contribution in [0.25, 0.3) is 0 Å². The standard InChI is InChI=1S/C14H25N3/c1-11(2)7-13-8-15-14-10-16(9-12(3)4)5-6-17(13)14/h8,11-12H,5-7,9-10H2,1-4H3. The first-order valence-corrected chi connectivity index (χ1v) is 6.82. The van der Waals surface area contributed by atoms with Crippen LogP contribution in [0.2, 0.25) is 0 Å². The molecule has 1 aliphatic heterocycles. The van der Waals surface area contributed by atoms with Crippen molar-refractivity contribution in [3.63, 3.8) is 0 Å². The molecule has 0 saturated heterocycles. The maximum absolute atomic E-state index is 4.59. The predicted molar refractivity (Wildman–Crippen MR) is 70.9 cm³/mol. The Bertz CT molecular complexity index is 366. The summed E-state index contributed by atoms with van der Waals surface area (Å²) in [6.07, 6.45) is 3.23. The van der Waals surface area contributed by atoms with Crippen molar-refractivity contribution in [1.29, 1.82) is 0 Å². The Morgan fingerprint density at radius 1 is 1.18 bits per heavy atom. The first-order chi connectivity index (χ1) is 8.06. The summed E-state index contributed by atoms with van der Waals surface area (Å²) >= 11 is 0. The highest BCUT2D eigenvalue weighted by atomic mass is 15.2. The first kappa shape index (κ1) is 12.6. The number of rotatable bonds is 4. The summed E-state index contributed by atoms with van der Waals surface area (Å²) in [4.78, 5) is 7.11. The summed E-state index contributed by atoms with van der Waals surface area (Å²) in [5, 5.41) is 0. The smallest absolute Gasteiger partial charge is 0.123 e. The fourth-order valence-electron chi connectivity index (χ4n) is 2.63. The monoisotopic (exact) mass is 235 g/mol. The van der Waals surface area contributed by atoms with Gasteiger partial charge in [-0.25, -0.2) is 4.98 Å². The molecule has 1 aromatic heterocycles. The molecule has 2 rings (SSSR count). The summed E-state index contributed by atoms with van der Waals surface area (Å²) in [6, 6.07) is 0. The van der Waals surface area contributed by atoms with Crippen molar-refractivity contribution < 1.29 is 0 Å². The highest BCUT2D eigenvalue weighted by Crippen LogP contribution is 2.17. The van der Waals surface area contributed by atoms with Crippen LogP contribution in [-0.2, 0) is 19.5 Å². The van der Waals surface area contributed by atoms with Gasteiger partial charge in [0.05, 0.1) is 6.54 Å². The minimum absolute atomic E-state index is 0.712. The van der Waals surface area contributed by atoms with E-state index in [2.05, 4.69) is 48.3 Å². The van der Waals surface area contributed by atoms with E-state index in [9.17, 15) is 0 Å². The zero-order chi connectivity index (χ0) is 12.4. The van der Waals surface area contributed by atoms with Crippen LogP contribution in [0.1, 0.15) is 39.2 Å². The molecular formula is C14H25N3. The van der Waals surface area contributed by atoms with Crippen LogP contribution in [0.4, 0.5) is 0 Å². The number of nitrogens with zero attached hydrogens (tertiary/aromatic N) is 3. The van der Waals surface area contributed by atoms with Crippen LogP contribution in [0, 0.1) is 11.8 Å². The highest BCUT2D eigenvalue weighted by Gasteiger charge is 2.20. The summed E-state index contributed by atoms with van der Waals surface area (Å²) in [6.45, 7) is 13.6. The van der Waals surface area contributed by atoms with Crippen molar-refractivity contribution >= 4 is 0 Å². The Kier molecular flexibility index (Phi) is 3.87. The average Bonchev–Trinajstić information content (AvgIpc) is 2.59. The molecule has 1 aromatic rings. The fraction of sp³-hybridized carbons (Fsp3) is 0.786. The second kappa shape index (κ2) is 5.21. The number of imidazole rings is 1. The summed E-state index contributed by atoms with van der Waals surface area (Å²) in [7, 11) is 0. The minimum atomic E-state index is 0.712. The third-order valence-electron chi connectivity index (χ3n) is 3.27. The SMILES string of the molecule is CC(C)Cc1cnc2n1CCN(CC(C)C)C2. The number of hydrogen-bond acceptors (Lipinski definition) is 2. The van der Waals surface area contributed by atoms with Gasteiger partial charge in [-0.15, -0.1) is 0 Å². The van der Waals surface area contributed by atoms with E-state index < -0.39 is 0 Å². The molecule has 0 amide bonds. The number of hydrogen-bond donors (Lipinski definition) is 0. The lowest BCUT2D eigenvalue weighted by molar-refractivity contribution is 0.193. The van der Waals surface area contributed by atoms with E-state index in [1.807, 2.05) is 0 Å². The molecule has 1 aliphatic rings. The van der Waals surface area contributed by atoms with Gasteiger partial charge in [-0.05, 0) is 18.3 Å². The van der Waals surface area contributed by atoms with Crippen molar-refractivity contribution in [3.05, 3.63) is 17.7 Å². The highest BCUT2D eigenvalue weighted by molar-refractivity contribution is 5.08. The van der Waals surface area contributed by atoms with Gasteiger partial charge in [0.1, 0.15) is 5.82 Å². The van der Waals surface area contributed by atoms with Crippen LogP contribution in [0.15, 0.2) is 6.20 Å². The third kappa shape index (κ3) is 3.09. The maximum atomic E-state index is 4.59. The lowest BCUT2D eigenvalue weighted by atomic mass is 10.1. The van der Waals surface area contributed by atoms with E-state index in [-0.39, 0.29) is 0 Å². The predicted octanol–water partition coefficient (Wildman–Crippen LogP) is 2.55. The van der Waals surface area contributed by atoms with Gasteiger partial charge in [0, 0.05) is 31.5 Å². The first-order valence-electron chi connectivity index (χ1n) is 6.82. The zero-order valence-electron chi connectivity index (χ0n) is 11.6. The molecule has 2 heterocycles. The summed E-state index contributed by atoms with van der Waals surface area (Å²) in [5.74, 6) is 2.71. The molecule has 0 saturated carbocycles. The second-order valence-corrected chi connectivity index (χ2v) is 6.04. The van der Waals surface area contributed by atoms with Crippen molar-refractivity contribution in [1.82, 2.24) is 14.5 Å². The molecule has 0 spiro atoms. The van der Waals surface area contributed by atoms with Gasteiger partial charge in [0.25, 0.3) is 0 Å². The van der Waals surface area contributed by atoms with Gasteiger partial charge in [-0.1, -0.05) is 27.7 Å². The van der Waals surface area contributed by atoms with Crippen LogP contribution >= 0.6 is 0 Å². The molecule has 0 unspecified atom stereocenters. The van der Waals surface area contributed by atoms with Crippen LogP contribution < -0.4 is 0 Å². The van der Waals surface area contributed by atoms with Crippen LogP contribution in [0.5, 0.6) is 0 Å². The molecule has 0 atom stereocenters. The molecule has 0 aromatic carbocycles. The van der Waals surface area contributed by atoms with Crippen molar-refractivity contribution in [3.8, 4) is 0 Å². The quantitative estimate of drug-likeness (QED) is 0.799. The third-order valence-corrected chi connectivity index (χ3v) is 3.27. The minimum Gasteiger partial charge on any atom is -0.330 e. The Labute approximate surface area is 105 Å². The van der Waals surface area contributed by atoms with E-state index in [0.29, 0.717) is 5.92 Å². The molecular weight excluding hydrogens is 210 g/mol. The Morgan fingerprint density at radius 3 is 2.59 bits per heavy atom. The Morgan fingerprint density at radius 2 is 1.94 bits per heavy atom. The van der Waals surface area contributed by atoms with Crippen molar-refractivity contribution in [2.75, 3.05) is 13.1 Å². The van der Waals surface area contributed by atoms with Gasteiger partial charge < -0.3 is 4.57 Å². The molecule has 0 aliphatic carbocycles. The van der Waals surface area contributed by atoms with Crippen molar-refractivity contribution in [2.45, 2.75) is 47.2 Å². The van der Waals surface area contributed by atoms with Gasteiger partial charge in [-0.3, -0.25) is 4.90 Å². The second-order valence-electron chi connectivity index (χ2n) is 6.04. The normalized spacial score (nSPS) is 16.8. The van der Waals surface area contributed by atoms with E-state index in [1.165, 1.54) is 24.6 Å². The van der Waals surface area contributed by atoms with E-state index >= 15 is 0 Å². The molecule has 0 fully saturated rings. The van der Waals surface area contributed by atoms with Gasteiger partial charge in [0.2, 0.25) is 0 Å². The summed E-state index contributed by atoms with van der Waals surface area (Å²) in [5.41, 5.74) is 1.42. The molecule has 96 valence electrons. The van der Waals surface area contributed by atoms with Crippen molar-refractivity contribution in [2.24, 2.45) is 11.8 Å². The van der Waals surface area contributed by atoms with E-state index in [0.717, 1.165) is 25.4 Å². The lowest BCUT2D eigenvalue weighted by Gasteiger charge is -2.29. The lowest BCUT2D eigenvalue weighted by Crippen LogP contribution is -2.36. The Balaban J connectivity index is 2.05. The van der Waals surface area contributed by atoms with E-state index in [4.69, 9.17) is 0 Å². The van der Waals surface area contributed by atoms with Gasteiger partial charge >= 0.3 is 0 Å². The molecule has 3 heteroatoms.